The fourth-order valence-electron chi connectivity index (χ4n) is 7.54. The third-order valence-corrected chi connectivity index (χ3v) is 11.4. The number of phenols is 1. The fraction of sp³-hybridized carbons (Fsp3) is 0.163. The predicted molar refractivity (Wildman–Crippen MR) is 202 cm³/mol. The van der Waals surface area contributed by atoms with Crippen molar-refractivity contribution in [2.24, 2.45) is 0 Å². The lowest BCUT2D eigenvalue weighted by molar-refractivity contribution is 0.415. The Bertz CT molecular complexity index is 2250. The summed E-state index contributed by atoms with van der Waals surface area (Å²) >= 11 is 6.89. The zero-order valence-corrected chi connectivity index (χ0v) is 30.9. The molecule has 6 aromatic rings. The van der Waals surface area contributed by atoms with Crippen molar-refractivity contribution in [1.29, 1.82) is 0 Å². The van der Waals surface area contributed by atoms with Crippen LogP contribution >= 0.6 is 31.9 Å². The highest BCUT2D eigenvalue weighted by atomic mass is 79.9. The van der Waals surface area contributed by atoms with Crippen molar-refractivity contribution in [3.8, 4) is 56.0 Å². The standard InChI is InChI=1S/C22H18BrFO.C21H16BrFO/c1-22(2)16-8-5-4-7-13(16)14-11-15(20(25-3)12-17(14)22)21-18(23)9-6-10-19(21)24;1-21(2)15-7-4-3-6-12(15)13-10-14(19(24)11-16(13)21)20-17(22)8-5-9-18(20)23/h4-12H,1-3H3;3-11,24H,1-2H3. The quantitative estimate of drug-likeness (QED) is 0.194. The van der Waals surface area contributed by atoms with Crippen molar-refractivity contribution in [3.63, 3.8) is 0 Å². The van der Waals surface area contributed by atoms with E-state index in [2.05, 4.69) is 102 Å². The van der Waals surface area contributed by atoms with E-state index in [-0.39, 0.29) is 28.2 Å². The number of benzene rings is 6. The van der Waals surface area contributed by atoms with E-state index in [0.717, 1.165) is 32.3 Å². The molecule has 0 bridgehead atoms. The molecule has 0 saturated carbocycles. The summed E-state index contributed by atoms with van der Waals surface area (Å²) < 4.78 is 35.9. The van der Waals surface area contributed by atoms with Crippen LogP contribution in [0.2, 0.25) is 0 Å². The molecular formula is C43H34Br2F2O2. The average Bonchev–Trinajstić information content (AvgIpc) is 3.43. The number of rotatable bonds is 3. The molecule has 2 aliphatic rings. The highest BCUT2D eigenvalue weighted by Crippen LogP contribution is 2.54. The Labute approximate surface area is 302 Å². The first kappa shape index (κ1) is 33.2. The van der Waals surface area contributed by atoms with Gasteiger partial charge in [-0.15, -0.1) is 0 Å². The van der Waals surface area contributed by atoms with Crippen molar-refractivity contribution < 1.29 is 18.6 Å². The first-order chi connectivity index (χ1) is 23.4. The van der Waals surface area contributed by atoms with Crippen LogP contribution < -0.4 is 4.74 Å². The highest BCUT2D eigenvalue weighted by Gasteiger charge is 2.38. The molecule has 1 N–H and O–H groups in total. The Morgan fingerprint density at radius 1 is 0.510 bits per heavy atom. The third kappa shape index (κ3) is 5.32. The number of aromatic hydroxyl groups is 1. The second kappa shape index (κ2) is 12.3. The molecule has 0 unspecified atom stereocenters. The van der Waals surface area contributed by atoms with Crippen LogP contribution in [0.1, 0.15) is 49.9 Å². The molecule has 0 saturated heterocycles. The molecule has 0 spiro atoms. The summed E-state index contributed by atoms with van der Waals surface area (Å²) in [5.74, 6) is 0.161. The summed E-state index contributed by atoms with van der Waals surface area (Å²) in [7, 11) is 1.63. The number of halogens is 4. The molecule has 0 fully saturated rings. The Hall–Kier alpha value is -4.26. The number of methoxy groups -OCH3 is 1. The van der Waals surface area contributed by atoms with Crippen LogP contribution in [0.4, 0.5) is 8.78 Å². The van der Waals surface area contributed by atoms with Crippen LogP contribution in [0.5, 0.6) is 11.5 Å². The van der Waals surface area contributed by atoms with E-state index in [1.807, 2.05) is 30.3 Å². The molecule has 0 amide bonds. The monoisotopic (exact) mass is 778 g/mol. The zero-order valence-electron chi connectivity index (χ0n) is 27.8. The molecule has 0 radical (unpaired) electrons. The summed E-state index contributed by atoms with van der Waals surface area (Å²) in [4.78, 5) is 0. The van der Waals surface area contributed by atoms with Crippen molar-refractivity contribution in [2.45, 2.75) is 38.5 Å². The average molecular weight is 781 g/mol. The van der Waals surface area contributed by atoms with E-state index in [0.29, 0.717) is 26.9 Å². The molecule has 6 aromatic carbocycles. The lowest BCUT2D eigenvalue weighted by Gasteiger charge is -2.22. The first-order valence-corrected chi connectivity index (χ1v) is 17.6. The first-order valence-electron chi connectivity index (χ1n) is 16.0. The van der Waals surface area contributed by atoms with E-state index in [1.165, 1.54) is 34.4 Å². The van der Waals surface area contributed by atoms with E-state index in [1.54, 1.807) is 31.4 Å². The van der Waals surface area contributed by atoms with Crippen LogP contribution in [-0.4, -0.2) is 12.2 Å². The molecule has 0 aliphatic heterocycles. The van der Waals surface area contributed by atoms with Crippen molar-refractivity contribution in [3.05, 3.63) is 152 Å². The zero-order chi connectivity index (χ0) is 34.8. The van der Waals surface area contributed by atoms with Gasteiger partial charge in [0.1, 0.15) is 23.1 Å². The summed E-state index contributed by atoms with van der Waals surface area (Å²) in [6, 6.07) is 34.3. The molecule has 8 rings (SSSR count). The maximum atomic E-state index is 14.6. The van der Waals surface area contributed by atoms with Crippen molar-refractivity contribution >= 4 is 31.9 Å². The van der Waals surface area contributed by atoms with E-state index < -0.39 is 0 Å². The van der Waals surface area contributed by atoms with Crippen LogP contribution in [0.3, 0.4) is 0 Å². The van der Waals surface area contributed by atoms with Crippen molar-refractivity contribution in [2.75, 3.05) is 7.11 Å². The van der Waals surface area contributed by atoms with Gasteiger partial charge in [-0.3, -0.25) is 0 Å². The SMILES string of the molecule is CC1(C)c2ccccc2-c2cc(-c3c(F)cccc3Br)c(O)cc21.COc1cc2c(cc1-c1c(F)cccc1Br)-c1ccccc1C2(C)C. The van der Waals surface area contributed by atoms with Gasteiger partial charge in [0.25, 0.3) is 0 Å². The Morgan fingerprint density at radius 2 is 0.959 bits per heavy atom. The molecule has 0 aromatic heterocycles. The normalized spacial score (nSPS) is 14.2. The van der Waals surface area contributed by atoms with Gasteiger partial charge in [0.2, 0.25) is 0 Å². The number of phenolic OH excluding ortho intramolecular Hbond substituents is 1. The Balaban J connectivity index is 0.000000154. The molecule has 49 heavy (non-hydrogen) atoms. The summed E-state index contributed by atoms with van der Waals surface area (Å²) in [6.07, 6.45) is 0. The number of ether oxygens (including phenoxy) is 1. The minimum absolute atomic E-state index is 0.0976. The van der Waals surface area contributed by atoms with Crippen LogP contribution in [0.15, 0.2) is 118 Å². The maximum Gasteiger partial charge on any atom is 0.132 e. The molecule has 246 valence electrons. The minimum Gasteiger partial charge on any atom is -0.507 e. The molecule has 2 aliphatic carbocycles. The molecule has 0 heterocycles. The minimum atomic E-state index is -0.356. The Morgan fingerprint density at radius 3 is 1.45 bits per heavy atom. The topological polar surface area (TPSA) is 29.5 Å². The summed E-state index contributed by atoms with van der Waals surface area (Å²) in [5, 5.41) is 10.6. The molecule has 0 atom stereocenters. The lowest BCUT2D eigenvalue weighted by atomic mass is 9.82. The van der Waals surface area contributed by atoms with E-state index >= 15 is 0 Å². The fourth-order valence-corrected chi connectivity index (χ4v) is 8.65. The molecular weight excluding hydrogens is 746 g/mol. The third-order valence-electron chi connectivity index (χ3n) is 10.1. The molecule has 6 heteroatoms. The van der Waals surface area contributed by atoms with Gasteiger partial charge >= 0.3 is 0 Å². The van der Waals surface area contributed by atoms with Crippen LogP contribution in [0.25, 0.3) is 44.5 Å². The second-order valence-corrected chi connectivity index (χ2v) is 15.3. The van der Waals surface area contributed by atoms with Gasteiger partial charge in [0.05, 0.1) is 7.11 Å². The maximum absolute atomic E-state index is 14.6. The van der Waals surface area contributed by atoms with Gasteiger partial charge in [0, 0.05) is 42.0 Å². The lowest BCUT2D eigenvalue weighted by Crippen LogP contribution is -2.15. The van der Waals surface area contributed by atoms with Gasteiger partial charge in [-0.25, -0.2) is 8.78 Å². The van der Waals surface area contributed by atoms with Crippen LogP contribution in [0, 0.1) is 11.6 Å². The summed E-state index contributed by atoms with van der Waals surface area (Å²) in [5.41, 5.74) is 11.2. The number of fused-ring (bicyclic) bond motifs is 6. The van der Waals surface area contributed by atoms with Crippen molar-refractivity contribution in [1.82, 2.24) is 0 Å². The van der Waals surface area contributed by atoms with Gasteiger partial charge < -0.3 is 9.84 Å². The summed E-state index contributed by atoms with van der Waals surface area (Å²) in [6.45, 7) is 8.73. The van der Waals surface area contributed by atoms with E-state index in [9.17, 15) is 13.9 Å². The van der Waals surface area contributed by atoms with Gasteiger partial charge in [-0.05, 0) is 93.0 Å². The highest BCUT2D eigenvalue weighted by molar-refractivity contribution is 9.11. The van der Waals surface area contributed by atoms with E-state index in [4.69, 9.17) is 4.74 Å². The number of hydrogen-bond donors (Lipinski definition) is 1. The Kier molecular flexibility index (Phi) is 8.32. The van der Waals surface area contributed by atoms with Gasteiger partial charge in [-0.1, -0.05) is 120 Å². The van der Waals surface area contributed by atoms with Gasteiger partial charge in [0.15, 0.2) is 0 Å². The van der Waals surface area contributed by atoms with Gasteiger partial charge in [-0.2, -0.15) is 0 Å². The predicted octanol–water partition coefficient (Wildman–Crippen LogP) is 12.8. The van der Waals surface area contributed by atoms with Crippen LogP contribution in [-0.2, 0) is 10.8 Å². The second-order valence-electron chi connectivity index (χ2n) is 13.5. The molecule has 2 nitrogen and oxygen atoms in total. The smallest absolute Gasteiger partial charge is 0.132 e. The largest absolute Gasteiger partial charge is 0.507 e. The number of hydrogen-bond acceptors (Lipinski definition) is 2.